The third kappa shape index (κ3) is 5.34. The van der Waals surface area contributed by atoms with E-state index in [-0.39, 0.29) is 12.0 Å². The molecule has 2 N–H and O–H groups in total. The largest absolute Gasteiger partial charge is 0.456 e. The molecule has 0 unspecified atom stereocenters. The number of nitrogens with one attached hydrogen (secondary N) is 2. The van der Waals surface area contributed by atoms with E-state index in [1.165, 1.54) is 55.5 Å². The van der Waals surface area contributed by atoms with E-state index in [1.807, 2.05) is 32.1 Å². The molecule has 2 aliphatic carbocycles. The molecular weight excluding hydrogens is 497 g/mol. The average Bonchev–Trinajstić information content (AvgIpc) is 3.53. The quantitative estimate of drug-likeness (QED) is 0.336. The lowest BCUT2D eigenvalue weighted by Crippen LogP contribution is -2.30. The van der Waals surface area contributed by atoms with Crippen molar-refractivity contribution >= 4 is 51.0 Å². The first-order valence-corrected chi connectivity index (χ1v) is 15.0. The van der Waals surface area contributed by atoms with E-state index in [2.05, 4.69) is 27.5 Å². The summed E-state index contributed by atoms with van der Waals surface area (Å²) >= 11 is 5.10. The number of thiophene rings is 3. The molecule has 0 fully saturated rings. The van der Waals surface area contributed by atoms with Gasteiger partial charge >= 0.3 is 12.0 Å². The van der Waals surface area contributed by atoms with Crippen LogP contribution in [0.5, 0.6) is 0 Å². The van der Waals surface area contributed by atoms with Gasteiger partial charge in [0.2, 0.25) is 0 Å². The first kappa shape index (κ1) is 24.5. The van der Waals surface area contributed by atoms with Gasteiger partial charge in [0.25, 0.3) is 0 Å². The molecule has 3 aromatic rings. The van der Waals surface area contributed by atoms with Crippen molar-refractivity contribution in [1.82, 2.24) is 5.32 Å². The fourth-order valence-electron chi connectivity index (χ4n) is 4.96. The Morgan fingerprint density at radius 2 is 1.66 bits per heavy atom. The molecule has 0 atom stereocenters. The summed E-state index contributed by atoms with van der Waals surface area (Å²) in [7, 11) is 0. The number of esters is 1. The Bertz CT molecular complexity index is 1230. The van der Waals surface area contributed by atoms with Crippen LogP contribution < -0.4 is 10.6 Å². The third-order valence-electron chi connectivity index (χ3n) is 6.49. The fourth-order valence-corrected chi connectivity index (χ4v) is 8.36. The number of carbonyl (C=O) groups is 2. The van der Waals surface area contributed by atoms with E-state index in [1.54, 1.807) is 11.3 Å². The Balaban J connectivity index is 1.36. The molecular formula is C27H32N2O3S3. The molecule has 8 heteroatoms. The first-order valence-electron chi connectivity index (χ1n) is 12.4. The molecule has 5 rings (SSSR count). The van der Waals surface area contributed by atoms with Crippen LogP contribution in [0.4, 0.5) is 9.80 Å². The van der Waals surface area contributed by atoms with Crippen molar-refractivity contribution in [1.29, 1.82) is 0 Å². The van der Waals surface area contributed by atoms with Crippen LogP contribution in [0, 0.1) is 0 Å². The maximum absolute atomic E-state index is 13.1. The fraction of sp³-hybridized carbons (Fsp3) is 0.481. The molecule has 0 spiro atoms. The van der Waals surface area contributed by atoms with E-state index in [0.29, 0.717) is 17.1 Å². The van der Waals surface area contributed by atoms with Gasteiger partial charge < -0.3 is 10.1 Å². The monoisotopic (exact) mass is 528 g/mol. The van der Waals surface area contributed by atoms with E-state index < -0.39 is 5.60 Å². The summed E-state index contributed by atoms with van der Waals surface area (Å²) < 4.78 is 5.71. The Kier molecular flexibility index (Phi) is 7.06. The van der Waals surface area contributed by atoms with Gasteiger partial charge in [-0.1, -0.05) is 0 Å². The molecule has 0 aliphatic heterocycles. The summed E-state index contributed by atoms with van der Waals surface area (Å²) in [5.74, 6) is -0.348. The van der Waals surface area contributed by atoms with Gasteiger partial charge in [0.1, 0.15) is 10.6 Å². The number of ether oxygens (including phenoxy) is 1. The molecule has 0 aromatic carbocycles. The summed E-state index contributed by atoms with van der Waals surface area (Å²) in [4.78, 5) is 30.1. The molecule has 3 aromatic heterocycles. The third-order valence-corrected chi connectivity index (χ3v) is 9.76. The van der Waals surface area contributed by atoms with Gasteiger partial charge in [0.15, 0.2) is 0 Å². The SMILES string of the molecule is CC(C)(C)OC(=O)c1c(NC(=O)NCc2c(-c3ccsc3)sc3c2CCCC3)sc2c1CCCC2. The van der Waals surface area contributed by atoms with Gasteiger partial charge in [-0.15, -0.1) is 22.7 Å². The van der Waals surface area contributed by atoms with Crippen LogP contribution in [0.3, 0.4) is 0 Å². The van der Waals surface area contributed by atoms with Crippen molar-refractivity contribution < 1.29 is 14.3 Å². The van der Waals surface area contributed by atoms with Crippen molar-refractivity contribution in [3.8, 4) is 10.4 Å². The number of aryl methyl sites for hydroxylation is 2. The summed E-state index contributed by atoms with van der Waals surface area (Å²) in [6.45, 7) is 6.10. The highest BCUT2D eigenvalue weighted by molar-refractivity contribution is 7.17. The van der Waals surface area contributed by atoms with Crippen molar-refractivity contribution in [3.05, 3.63) is 48.8 Å². The van der Waals surface area contributed by atoms with E-state index >= 15 is 0 Å². The zero-order chi connectivity index (χ0) is 24.6. The van der Waals surface area contributed by atoms with Gasteiger partial charge in [-0.05, 0) is 106 Å². The van der Waals surface area contributed by atoms with Crippen LogP contribution in [0.15, 0.2) is 16.8 Å². The summed E-state index contributed by atoms with van der Waals surface area (Å²) in [6.07, 6.45) is 8.62. The second kappa shape index (κ2) is 10.1. The first-order chi connectivity index (χ1) is 16.8. The van der Waals surface area contributed by atoms with Crippen molar-refractivity contribution in [2.24, 2.45) is 0 Å². The highest BCUT2D eigenvalue weighted by Gasteiger charge is 2.30. The van der Waals surface area contributed by atoms with Crippen LogP contribution in [0.25, 0.3) is 10.4 Å². The Morgan fingerprint density at radius 1 is 0.971 bits per heavy atom. The Morgan fingerprint density at radius 3 is 2.34 bits per heavy atom. The number of fused-ring (bicyclic) bond motifs is 2. The molecule has 0 bridgehead atoms. The summed E-state index contributed by atoms with van der Waals surface area (Å²) in [5.41, 5.74) is 4.92. The van der Waals surface area contributed by atoms with Crippen LogP contribution in [0.2, 0.25) is 0 Å². The number of carbonyl (C=O) groups excluding carboxylic acids is 2. The number of amides is 2. The van der Waals surface area contributed by atoms with Crippen LogP contribution in [-0.4, -0.2) is 17.6 Å². The summed E-state index contributed by atoms with van der Waals surface area (Å²) in [6, 6.07) is 1.88. The zero-order valence-electron chi connectivity index (χ0n) is 20.5. The normalized spacial score (nSPS) is 15.3. The smallest absolute Gasteiger partial charge is 0.341 e. The Hall–Kier alpha value is -2.16. The second-order valence-electron chi connectivity index (χ2n) is 10.3. The molecule has 2 aliphatic rings. The number of hydrogen-bond donors (Lipinski definition) is 2. The topological polar surface area (TPSA) is 67.4 Å². The molecule has 0 radical (unpaired) electrons. The van der Waals surface area contributed by atoms with Gasteiger partial charge in [-0.2, -0.15) is 11.3 Å². The van der Waals surface area contributed by atoms with Crippen LogP contribution >= 0.6 is 34.0 Å². The molecule has 3 heterocycles. The van der Waals surface area contributed by atoms with Gasteiger partial charge in [0.05, 0.1) is 5.56 Å². The molecule has 35 heavy (non-hydrogen) atoms. The molecule has 5 nitrogen and oxygen atoms in total. The molecule has 2 amide bonds. The predicted octanol–water partition coefficient (Wildman–Crippen LogP) is 7.57. The van der Waals surface area contributed by atoms with Gasteiger partial charge in [0, 0.05) is 26.7 Å². The number of hydrogen-bond acceptors (Lipinski definition) is 6. The zero-order valence-corrected chi connectivity index (χ0v) is 23.0. The van der Waals surface area contributed by atoms with Crippen molar-refractivity contribution in [2.75, 3.05) is 5.32 Å². The minimum Gasteiger partial charge on any atom is -0.456 e. The van der Waals surface area contributed by atoms with Crippen molar-refractivity contribution in [2.45, 2.75) is 84.3 Å². The van der Waals surface area contributed by atoms with E-state index in [9.17, 15) is 9.59 Å². The highest BCUT2D eigenvalue weighted by atomic mass is 32.1. The number of anilines is 1. The maximum atomic E-state index is 13.1. The lowest BCUT2D eigenvalue weighted by atomic mass is 9.94. The molecule has 0 saturated heterocycles. The lowest BCUT2D eigenvalue weighted by Gasteiger charge is -2.21. The van der Waals surface area contributed by atoms with Crippen LogP contribution in [-0.2, 0) is 37.0 Å². The standard InChI is InChI=1S/C27H32N2O3S3/c1-27(2,3)32-25(30)22-18-9-5-7-11-21(18)35-24(22)29-26(31)28-14-19-17-8-4-6-10-20(17)34-23(19)16-12-13-33-15-16/h12-13,15H,4-11,14H2,1-3H3,(H2,28,29,31). The second-order valence-corrected chi connectivity index (χ2v) is 13.2. The minimum absolute atomic E-state index is 0.277. The van der Waals surface area contributed by atoms with Crippen molar-refractivity contribution in [3.63, 3.8) is 0 Å². The lowest BCUT2D eigenvalue weighted by molar-refractivity contribution is 0.00699. The molecule has 0 saturated carbocycles. The average molecular weight is 529 g/mol. The predicted molar refractivity (Wildman–Crippen MR) is 146 cm³/mol. The van der Waals surface area contributed by atoms with E-state index in [0.717, 1.165) is 44.1 Å². The molecule has 186 valence electrons. The number of rotatable bonds is 5. The van der Waals surface area contributed by atoms with E-state index in [4.69, 9.17) is 4.74 Å². The van der Waals surface area contributed by atoms with Gasteiger partial charge in [-0.3, -0.25) is 5.32 Å². The van der Waals surface area contributed by atoms with Crippen LogP contribution in [0.1, 0.15) is 83.3 Å². The Labute approximate surface area is 218 Å². The highest BCUT2D eigenvalue weighted by Crippen LogP contribution is 2.42. The minimum atomic E-state index is -0.587. The summed E-state index contributed by atoms with van der Waals surface area (Å²) in [5, 5.41) is 11.0. The van der Waals surface area contributed by atoms with Gasteiger partial charge in [-0.25, -0.2) is 9.59 Å². The maximum Gasteiger partial charge on any atom is 0.341 e. The number of urea groups is 1.